The summed E-state index contributed by atoms with van der Waals surface area (Å²) in [6, 6.07) is 0. The Balaban J connectivity index is 1.76. The topological polar surface area (TPSA) is 9.23 Å². The maximum atomic E-state index is 5.68. The zero-order chi connectivity index (χ0) is 8.55. The van der Waals surface area contributed by atoms with Crippen LogP contribution in [0.25, 0.3) is 0 Å². The van der Waals surface area contributed by atoms with E-state index in [1.165, 1.54) is 25.7 Å². The molecule has 2 unspecified atom stereocenters. The summed E-state index contributed by atoms with van der Waals surface area (Å²) in [5, 5.41) is 0. The first-order valence-corrected chi connectivity index (χ1v) is 5.37. The molecule has 2 rings (SSSR count). The fourth-order valence-electron chi connectivity index (χ4n) is 2.90. The molecule has 70 valence electrons. The second-order valence-electron chi connectivity index (χ2n) is 4.82. The van der Waals surface area contributed by atoms with Crippen molar-refractivity contribution in [2.45, 2.75) is 45.6 Å². The summed E-state index contributed by atoms with van der Waals surface area (Å²) in [5.41, 5.74) is 0. The van der Waals surface area contributed by atoms with Crippen LogP contribution in [0.4, 0.5) is 0 Å². The quantitative estimate of drug-likeness (QED) is 0.629. The molecule has 0 heterocycles. The van der Waals surface area contributed by atoms with Crippen molar-refractivity contribution in [3.05, 3.63) is 0 Å². The van der Waals surface area contributed by atoms with E-state index in [-0.39, 0.29) is 0 Å². The number of ether oxygens (including phenoxy) is 1. The normalized spacial score (nSPS) is 39.8. The van der Waals surface area contributed by atoms with Crippen LogP contribution < -0.4 is 0 Å². The number of fused-ring (bicyclic) bond motifs is 2. The van der Waals surface area contributed by atoms with Gasteiger partial charge in [0.2, 0.25) is 0 Å². The minimum atomic E-state index is 0.420. The van der Waals surface area contributed by atoms with Crippen molar-refractivity contribution in [2.75, 3.05) is 6.61 Å². The summed E-state index contributed by atoms with van der Waals surface area (Å²) >= 11 is 0. The van der Waals surface area contributed by atoms with Gasteiger partial charge in [-0.15, -0.1) is 0 Å². The van der Waals surface area contributed by atoms with Gasteiger partial charge in [0, 0.05) is 0 Å². The first-order valence-electron chi connectivity index (χ1n) is 5.37. The summed E-state index contributed by atoms with van der Waals surface area (Å²) in [6.45, 7) is 5.29. The molecule has 12 heavy (non-hydrogen) atoms. The van der Waals surface area contributed by atoms with Gasteiger partial charge in [-0.05, 0) is 50.9 Å². The molecule has 2 bridgehead atoms. The van der Waals surface area contributed by atoms with Crippen LogP contribution in [0.1, 0.15) is 39.5 Å². The predicted molar refractivity (Wildman–Crippen MR) is 50.0 cm³/mol. The summed E-state index contributed by atoms with van der Waals surface area (Å²) in [7, 11) is 0. The first kappa shape index (κ1) is 8.55. The Labute approximate surface area is 75.5 Å². The van der Waals surface area contributed by atoms with E-state index in [4.69, 9.17) is 4.74 Å². The molecule has 0 spiro atoms. The van der Waals surface area contributed by atoms with Crippen molar-refractivity contribution < 1.29 is 4.74 Å². The Morgan fingerprint density at radius 3 is 2.58 bits per heavy atom. The lowest BCUT2D eigenvalue weighted by atomic mass is 9.89. The van der Waals surface area contributed by atoms with Gasteiger partial charge in [0.25, 0.3) is 0 Å². The summed E-state index contributed by atoms with van der Waals surface area (Å²) in [5.74, 6) is 3.00. The minimum absolute atomic E-state index is 0.420. The smallest absolute Gasteiger partial charge is 0.0519 e. The molecule has 0 aliphatic heterocycles. The van der Waals surface area contributed by atoms with Gasteiger partial charge in [-0.3, -0.25) is 0 Å². The highest BCUT2D eigenvalue weighted by Crippen LogP contribution is 2.48. The summed E-state index contributed by atoms with van der Waals surface area (Å²) in [6.07, 6.45) is 6.37. The molecule has 0 saturated heterocycles. The van der Waals surface area contributed by atoms with Gasteiger partial charge in [-0.25, -0.2) is 0 Å². The Kier molecular flexibility index (Phi) is 2.40. The Morgan fingerprint density at radius 1 is 1.25 bits per heavy atom. The molecule has 2 aliphatic rings. The highest BCUT2D eigenvalue weighted by atomic mass is 16.5. The Bertz CT molecular complexity index is 153. The van der Waals surface area contributed by atoms with Crippen molar-refractivity contribution in [1.29, 1.82) is 0 Å². The van der Waals surface area contributed by atoms with Gasteiger partial charge in [-0.1, -0.05) is 6.42 Å². The van der Waals surface area contributed by atoms with Crippen molar-refractivity contribution in [3.63, 3.8) is 0 Å². The molecule has 0 aromatic heterocycles. The number of hydrogen-bond donors (Lipinski definition) is 0. The van der Waals surface area contributed by atoms with Crippen molar-refractivity contribution in [3.8, 4) is 0 Å². The van der Waals surface area contributed by atoms with Crippen LogP contribution in [0.2, 0.25) is 0 Å². The molecule has 0 amide bonds. The number of hydrogen-bond acceptors (Lipinski definition) is 1. The van der Waals surface area contributed by atoms with E-state index in [1.54, 1.807) is 0 Å². The largest absolute Gasteiger partial charge is 0.378 e. The maximum absolute atomic E-state index is 5.68. The lowest BCUT2D eigenvalue weighted by Crippen LogP contribution is -2.19. The first-order chi connectivity index (χ1) is 5.75. The predicted octanol–water partition coefficient (Wildman–Crippen LogP) is 2.85. The van der Waals surface area contributed by atoms with Gasteiger partial charge in [0.15, 0.2) is 0 Å². The molecule has 0 radical (unpaired) electrons. The molecule has 0 N–H and O–H groups in total. The molecule has 2 saturated carbocycles. The van der Waals surface area contributed by atoms with E-state index >= 15 is 0 Å². The van der Waals surface area contributed by atoms with E-state index in [2.05, 4.69) is 13.8 Å². The lowest BCUT2D eigenvalue weighted by molar-refractivity contribution is 0.0363. The molecule has 0 aromatic rings. The van der Waals surface area contributed by atoms with Gasteiger partial charge < -0.3 is 4.74 Å². The summed E-state index contributed by atoms with van der Waals surface area (Å²) < 4.78 is 5.68. The third-order valence-corrected chi connectivity index (χ3v) is 3.53. The second-order valence-corrected chi connectivity index (χ2v) is 4.82. The molecule has 1 nitrogen and oxygen atoms in total. The van der Waals surface area contributed by atoms with Crippen molar-refractivity contribution in [2.24, 2.45) is 17.8 Å². The Hall–Kier alpha value is -0.0400. The van der Waals surface area contributed by atoms with Crippen LogP contribution in [-0.2, 0) is 4.74 Å². The van der Waals surface area contributed by atoms with E-state index in [9.17, 15) is 0 Å². The zero-order valence-corrected chi connectivity index (χ0v) is 8.25. The molecular weight excluding hydrogens is 148 g/mol. The van der Waals surface area contributed by atoms with E-state index < -0.39 is 0 Å². The molecule has 1 heteroatoms. The highest BCUT2D eigenvalue weighted by molar-refractivity contribution is 4.89. The summed E-state index contributed by atoms with van der Waals surface area (Å²) in [4.78, 5) is 0. The van der Waals surface area contributed by atoms with Crippen LogP contribution in [-0.4, -0.2) is 12.7 Å². The van der Waals surface area contributed by atoms with Crippen LogP contribution >= 0.6 is 0 Å². The minimum Gasteiger partial charge on any atom is -0.378 e. The SMILES string of the molecule is CC(C)OC[C@@H]1CC2CCC1C2. The van der Waals surface area contributed by atoms with E-state index in [0.29, 0.717) is 6.10 Å². The average Bonchev–Trinajstić information content (AvgIpc) is 2.60. The monoisotopic (exact) mass is 168 g/mol. The third kappa shape index (κ3) is 1.66. The van der Waals surface area contributed by atoms with Crippen LogP contribution in [0.5, 0.6) is 0 Å². The zero-order valence-electron chi connectivity index (χ0n) is 8.25. The maximum Gasteiger partial charge on any atom is 0.0519 e. The average molecular weight is 168 g/mol. The van der Waals surface area contributed by atoms with E-state index in [1.807, 2.05) is 0 Å². The van der Waals surface area contributed by atoms with Crippen molar-refractivity contribution in [1.82, 2.24) is 0 Å². The fourth-order valence-corrected chi connectivity index (χ4v) is 2.90. The van der Waals surface area contributed by atoms with Crippen LogP contribution in [0.3, 0.4) is 0 Å². The Morgan fingerprint density at radius 2 is 2.08 bits per heavy atom. The standard InChI is InChI=1S/C11H20O/c1-8(2)12-7-11-6-9-3-4-10(11)5-9/h8-11H,3-7H2,1-2H3/t9?,10?,11-/m0/s1. The van der Waals surface area contributed by atoms with Gasteiger partial charge in [-0.2, -0.15) is 0 Å². The third-order valence-electron chi connectivity index (χ3n) is 3.53. The molecular formula is C11H20O. The lowest BCUT2D eigenvalue weighted by Gasteiger charge is -2.22. The number of rotatable bonds is 3. The van der Waals surface area contributed by atoms with Crippen molar-refractivity contribution >= 4 is 0 Å². The second kappa shape index (κ2) is 3.37. The fraction of sp³-hybridized carbons (Fsp3) is 1.00. The van der Waals surface area contributed by atoms with Gasteiger partial charge in [0.1, 0.15) is 0 Å². The van der Waals surface area contributed by atoms with E-state index in [0.717, 1.165) is 24.4 Å². The molecule has 3 atom stereocenters. The molecule has 2 fully saturated rings. The van der Waals surface area contributed by atoms with Gasteiger partial charge in [0.05, 0.1) is 12.7 Å². The van der Waals surface area contributed by atoms with Crippen LogP contribution in [0, 0.1) is 17.8 Å². The highest BCUT2D eigenvalue weighted by Gasteiger charge is 2.39. The molecule has 2 aliphatic carbocycles. The van der Waals surface area contributed by atoms with Gasteiger partial charge >= 0.3 is 0 Å². The van der Waals surface area contributed by atoms with Crippen LogP contribution in [0.15, 0.2) is 0 Å². The molecule has 0 aromatic carbocycles.